The number of para-hydroxylation sites is 1. The molecule has 0 aliphatic carbocycles. The number of hydrogen-bond donors (Lipinski definition) is 1. The molecule has 3 rings (SSSR count). The number of sulfone groups is 1. The number of benzene rings is 1. The molecule has 0 saturated carbocycles. The third kappa shape index (κ3) is 2.79. The van der Waals surface area contributed by atoms with Gasteiger partial charge in [-0.05, 0) is 12.1 Å². The van der Waals surface area contributed by atoms with Crippen molar-refractivity contribution in [3.63, 3.8) is 0 Å². The normalized spacial score (nSPS) is 24.8. The largest absolute Gasteiger partial charge is 0.468 e. The summed E-state index contributed by atoms with van der Waals surface area (Å²) < 4.78 is 34.3. The summed E-state index contributed by atoms with van der Waals surface area (Å²) in [4.78, 5) is 11.6. The Morgan fingerprint density at radius 3 is 2.81 bits per heavy atom. The lowest BCUT2D eigenvalue weighted by Gasteiger charge is -2.27. The first-order valence-electron chi connectivity index (χ1n) is 6.51. The topological polar surface area (TPSA) is 85.6 Å². The van der Waals surface area contributed by atoms with E-state index in [0.29, 0.717) is 11.3 Å². The van der Waals surface area contributed by atoms with E-state index in [9.17, 15) is 13.2 Å². The Labute approximate surface area is 122 Å². The number of methoxy groups -OCH3 is 1. The highest BCUT2D eigenvalue weighted by Gasteiger charge is 2.37. The van der Waals surface area contributed by atoms with Crippen LogP contribution in [0.25, 0.3) is 11.0 Å². The van der Waals surface area contributed by atoms with Crippen molar-refractivity contribution in [3.05, 3.63) is 36.1 Å². The lowest BCUT2D eigenvalue weighted by Crippen LogP contribution is -2.51. The molecule has 1 N–H and O–H groups in total. The summed E-state index contributed by atoms with van der Waals surface area (Å²) in [6, 6.07) is 7.79. The fourth-order valence-electron chi connectivity index (χ4n) is 2.53. The number of ether oxygens (including phenoxy) is 1. The van der Waals surface area contributed by atoms with E-state index in [1.807, 2.05) is 24.3 Å². The number of carbonyl (C=O) groups excluding carboxylic acids is 1. The van der Waals surface area contributed by atoms with Crippen molar-refractivity contribution in [2.75, 3.05) is 18.6 Å². The summed E-state index contributed by atoms with van der Waals surface area (Å²) >= 11 is 0. The molecule has 7 heteroatoms. The van der Waals surface area contributed by atoms with Gasteiger partial charge in [0.05, 0.1) is 24.7 Å². The molecule has 0 spiro atoms. The second-order valence-corrected chi connectivity index (χ2v) is 7.21. The van der Waals surface area contributed by atoms with E-state index in [4.69, 9.17) is 4.42 Å². The van der Waals surface area contributed by atoms with E-state index in [1.165, 1.54) is 7.11 Å². The van der Waals surface area contributed by atoms with Crippen molar-refractivity contribution in [1.82, 2.24) is 5.32 Å². The van der Waals surface area contributed by atoms with Gasteiger partial charge in [0, 0.05) is 5.39 Å². The van der Waals surface area contributed by atoms with Crippen LogP contribution in [0.3, 0.4) is 0 Å². The molecular formula is C14H15NO5S. The number of rotatable bonds is 2. The maximum Gasteiger partial charge on any atom is 0.323 e. The van der Waals surface area contributed by atoms with Crippen molar-refractivity contribution < 1.29 is 22.4 Å². The lowest BCUT2D eigenvalue weighted by molar-refractivity contribution is -0.142. The number of carbonyl (C=O) groups is 1. The molecule has 1 aromatic heterocycles. The molecule has 2 atom stereocenters. The van der Waals surface area contributed by atoms with Crippen LogP contribution < -0.4 is 5.32 Å². The summed E-state index contributed by atoms with van der Waals surface area (Å²) in [5, 5.41) is 3.88. The van der Waals surface area contributed by atoms with Gasteiger partial charge in [0.2, 0.25) is 0 Å². The average Bonchev–Trinajstić information content (AvgIpc) is 2.88. The molecule has 1 fully saturated rings. The number of nitrogens with one attached hydrogen (secondary N) is 1. The Morgan fingerprint density at radius 1 is 1.33 bits per heavy atom. The number of fused-ring (bicyclic) bond motifs is 1. The molecule has 1 saturated heterocycles. The van der Waals surface area contributed by atoms with Gasteiger partial charge >= 0.3 is 5.97 Å². The van der Waals surface area contributed by atoms with Crippen molar-refractivity contribution in [3.8, 4) is 0 Å². The van der Waals surface area contributed by atoms with Crippen LogP contribution >= 0.6 is 0 Å². The molecule has 2 unspecified atom stereocenters. The minimum absolute atomic E-state index is 0.0969. The first-order chi connectivity index (χ1) is 9.98. The van der Waals surface area contributed by atoms with Crippen LogP contribution in [0.1, 0.15) is 11.8 Å². The fourth-order valence-corrected chi connectivity index (χ4v) is 4.18. The summed E-state index contributed by atoms with van der Waals surface area (Å²) in [6.07, 6.45) is 0. The zero-order valence-electron chi connectivity index (χ0n) is 11.4. The Morgan fingerprint density at radius 2 is 2.10 bits per heavy atom. The van der Waals surface area contributed by atoms with E-state index in [1.54, 1.807) is 6.07 Å². The second kappa shape index (κ2) is 5.16. The van der Waals surface area contributed by atoms with Crippen molar-refractivity contribution in [1.29, 1.82) is 0 Å². The Balaban J connectivity index is 1.94. The second-order valence-electron chi connectivity index (χ2n) is 5.06. The van der Waals surface area contributed by atoms with Gasteiger partial charge in [-0.25, -0.2) is 8.42 Å². The minimum Gasteiger partial charge on any atom is -0.468 e. The van der Waals surface area contributed by atoms with Crippen LogP contribution in [-0.4, -0.2) is 39.0 Å². The molecular weight excluding hydrogens is 294 g/mol. The fraction of sp³-hybridized carbons (Fsp3) is 0.357. The zero-order valence-corrected chi connectivity index (χ0v) is 12.2. The lowest BCUT2D eigenvalue weighted by atomic mass is 10.2. The predicted molar refractivity (Wildman–Crippen MR) is 76.5 cm³/mol. The van der Waals surface area contributed by atoms with Crippen LogP contribution in [0.15, 0.2) is 34.7 Å². The van der Waals surface area contributed by atoms with Crippen LogP contribution in [0, 0.1) is 0 Å². The molecule has 1 aromatic carbocycles. The maximum atomic E-state index is 12.0. The van der Waals surface area contributed by atoms with Gasteiger partial charge in [-0.3, -0.25) is 10.1 Å². The molecule has 1 aliphatic heterocycles. The summed E-state index contributed by atoms with van der Waals surface area (Å²) in [7, 11) is -2.11. The van der Waals surface area contributed by atoms with E-state index in [2.05, 4.69) is 10.1 Å². The number of esters is 1. The highest BCUT2D eigenvalue weighted by atomic mass is 32.2. The van der Waals surface area contributed by atoms with E-state index >= 15 is 0 Å². The van der Waals surface area contributed by atoms with Crippen molar-refractivity contribution >= 4 is 26.8 Å². The molecule has 1 aliphatic rings. The highest BCUT2D eigenvalue weighted by Crippen LogP contribution is 2.27. The molecule has 2 heterocycles. The predicted octanol–water partition coefficient (Wildman–Crippen LogP) is 1.03. The first kappa shape index (κ1) is 14.1. The van der Waals surface area contributed by atoms with Gasteiger partial charge in [-0.1, -0.05) is 18.2 Å². The first-order valence-corrected chi connectivity index (χ1v) is 8.33. The van der Waals surface area contributed by atoms with Crippen LogP contribution in [0.4, 0.5) is 0 Å². The monoisotopic (exact) mass is 309 g/mol. The molecule has 2 aromatic rings. The third-order valence-corrected chi connectivity index (χ3v) is 5.20. The van der Waals surface area contributed by atoms with Crippen LogP contribution in [0.2, 0.25) is 0 Å². The quantitative estimate of drug-likeness (QED) is 0.834. The maximum absolute atomic E-state index is 12.0. The molecule has 112 valence electrons. The summed E-state index contributed by atoms with van der Waals surface area (Å²) in [5.41, 5.74) is 0.687. The number of hydrogen-bond acceptors (Lipinski definition) is 6. The molecule has 0 bridgehead atoms. The van der Waals surface area contributed by atoms with Gasteiger partial charge in [-0.15, -0.1) is 0 Å². The molecule has 6 nitrogen and oxygen atoms in total. The van der Waals surface area contributed by atoms with E-state index in [-0.39, 0.29) is 11.5 Å². The van der Waals surface area contributed by atoms with Gasteiger partial charge in [0.1, 0.15) is 17.4 Å². The highest BCUT2D eigenvalue weighted by molar-refractivity contribution is 7.91. The number of furan rings is 1. The Hall–Kier alpha value is -1.86. The Bertz CT molecular complexity index is 747. The summed E-state index contributed by atoms with van der Waals surface area (Å²) in [6.45, 7) is 0. The van der Waals surface area contributed by atoms with Gasteiger partial charge in [-0.2, -0.15) is 0 Å². The molecule has 0 amide bonds. The smallest absolute Gasteiger partial charge is 0.323 e. The SMILES string of the molecule is COC(=O)C1CS(=O)(=O)CC(c2cc3ccccc3o2)N1. The Kier molecular flexibility index (Phi) is 3.46. The average molecular weight is 309 g/mol. The van der Waals surface area contributed by atoms with Gasteiger partial charge in [0.25, 0.3) is 0 Å². The van der Waals surface area contributed by atoms with Gasteiger partial charge in [0.15, 0.2) is 9.84 Å². The summed E-state index contributed by atoms with van der Waals surface area (Å²) in [5.74, 6) is -0.427. The van der Waals surface area contributed by atoms with E-state index in [0.717, 1.165) is 5.39 Å². The van der Waals surface area contributed by atoms with Crippen LogP contribution in [-0.2, 0) is 19.4 Å². The minimum atomic E-state index is -3.35. The van der Waals surface area contributed by atoms with Crippen LogP contribution in [0.5, 0.6) is 0 Å². The molecule has 0 radical (unpaired) electrons. The van der Waals surface area contributed by atoms with Gasteiger partial charge < -0.3 is 9.15 Å². The van der Waals surface area contributed by atoms with Crippen molar-refractivity contribution in [2.45, 2.75) is 12.1 Å². The molecule has 21 heavy (non-hydrogen) atoms. The standard InChI is InChI=1S/C14H15NO5S/c1-19-14(16)11-8-21(17,18)7-10(15-11)13-6-9-4-2-3-5-12(9)20-13/h2-6,10-11,15H,7-8H2,1H3. The van der Waals surface area contributed by atoms with Crippen molar-refractivity contribution in [2.24, 2.45) is 0 Å². The third-order valence-electron chi connectivity index (χ3n) is 3.52. The zero-order chi connectivity index (χ0) is 15.0. The van der Waals surface area contributed by atoms with E-state index < -0.39 is 27.9 Å².